The number of esters is 1. The molecule has 0 bridgehead atoms. The van der Waals surface area contributed by atoms with E-state index in [1.54, 1.807) is 0 Å². The lowest BCUT2D eigenvalue weighted by atomic mass is 10.1. The van der Waals surface area contributed by atoms with Crippen LogP contribution in [0.4, 0.5) is 5.69 Å². The van der Waals surface area contributed by atoms with Gasteiger partial charge in [0.05, 0.1) is 0 Å². The van der Waals surface area contributed by atoms with Crippen molar-refractivity contribution in [3.8, 4) is 0 Å². The van der Waals surface area contributed by atoms with Gasteiger partial charge in [0.15, 0.2) is 6.04 Å². The van der Waals surface area contributed by atoms with Crippen LogP contribution in [0.25, 0.3) is 0 Å². The number of para-hydroxylation sites is 1. The zero-order valence-corrected chi connectivity index (χ0v) is 13.3. The molecule has 0 radical (unpaired) electrons. The monoisotopic (exact) mass is 310 g/mol. The van der Waals surface area contributed by atoms with Crippen molar-refractivity contribution in [3.63, 3.8) is 0 Å². The molecule has 4 heteroatoms. The molecule has 1 aliphatic heterocycles. The van der Waals surface area contributed by atoms with E-state index in [9.17, 15) is 4.79 Å². The highest BCUT2D eigenvalue weighted by molar-refractivity contribution is 5.81. The Morgan fingerprint density at radius 2 is 1.78 bits per heavy atom. The van der Waals surface area contributed by atoms with E-state index in [0.29, 0.717) is 0 Å². The summed E-state index contributed by atoms with van der Waals surface area (Å²) in [5.74, 6) is -0.222. The minimum atomic E-state index is -0.496. The first kappa shape index (κ1) is 15.6. The molecule has 4 nitrogen and oxygen atoms in total. The fourth-order valence-electron chi connectivity index (χ4n) is 2.85. The van der Waals surface area contributed by atoms with Crippen LogP contribution in [0.3, 0.4) is 0 Å². The number of hydrogen-bond donors (Lipinski definition) is 1. The van der Waals surface area contributed by atoms with Gasteiger partial charge < -0.3 is 15.0 Å². The summed E-state index contributed by atoms with van der Waals surface area (Å²) in [5, 5.41) is 3.29. The van der Waals surface area contributed by atoms with Crippen molar-refractivity contribution in [2.45, 2.75) is 18.6 Å². The van der Waals surface area contributed by atoms with Gasteiger partial charge in [-0.1, -0.05) is 48.5 Å². The number of carbonyl (C=O) groups excluding carboxylic acids is 1. The lowest BCUT2D eigenvalue weighted by Crippen LogP contribution is -2.29. The van der Waals surface area contributed by atoms with Gasteiger partial charge in [-0.2, -0.15) is 0 Å². The van der Waals surface area contributed by atoms with Crippen LogP contribution in [0.15, 0.2) is 60.7 Å². The Morgan fingerprint density at radius 1 is 1.13 bits per heavy atom. The highest BCUT2D eigenvalue weighted by atomic mass is 16.5. The summed E-state index contributed by atoms with van der Waals surface area (Å²) in [6, 6.07) is 19.0. The summed E-state index contributed by atoms with van der Waals surface area (Å²) in [7, 11) is 2.05. The molecule has 1 unspecified atom stereocenters. The number of likely N-dealkylation sites (tertiary alicyclic amines) is 1. The zero-order valence-electron chi connectivity index (χ0n) is 13.3. The number of anilines is 1. The van der Waals surface area contributed by atoms with E-state index in [1.165, 1.54) is 0 Å². The fraction of sp³-hybridized carbons (Fsp3) is 0.316. The van der Waals surface area contributed by atoms with Gasteiger partial charge in [0.25, 0.3) is 0 Å². The number of ether oxygens (including phenoxy) is 1. The molecule has 1 heterocycles. The second-order valence-corrected chi connectivity index (χ2v) is 5.96. The summed E-state index contributed by atoms with van der Waals surface area (Å²) in [4.78, 5) is 14.9. The average molecular weight is 310 g/mol. The first-order valence-corrected chi connectivity index (χ1v) is 7.98. The molecule has 0 aromatic heterocycles. The lowest BCUT2D eigenvalue weighted by Gasteiger charge is -2.21. The number of rotatable bonds is 5. The molecule has 0 aliphatic carbocycles. The van der Waals surface area contributed by atoms with E-state index in [0.717, 1.165) is 30.8 Å². The quantitative estimate of drug-likeness (QED) is 0.862. The maximum Gasteiger partial charge on any atom is 0.333 e. The number of nitrogens with one attached hydrogen (secondary N) is 1. The van der Waals surface area contributed by atoms with Gasteiger partial charge >= 0.3 is 5.97 Å². The van der Waals surface area contributed by atoms with Gasteiger partial charge in [-0.3, -0.25) is 0 Å². The molecule has 0 saturated carbocycles. The molecule has 1 saturated heterocycles. The molecule has 1 N–H and O–H groups in total. The van der Waals surface area contributed by atoms with E-state index < -0.39 is 6.04 Å². The molecule has 0 amide bonds. The lowest BCUT2D eigenvalue weighted by molar-refractivity contribution is -0.149. The Kier molecular flexibility index (Phi) is 4.93. The molecule has 2 aromatic rings. The Labute approximate surface area is 137 Å². The maximum atomic E-state index is 12.7. The minimum absolute atomic E-state index is 0.0173. The molecular formula is C19H22N2O2. The van der Waals surface area contributed by atoms with E-state index in [2.05, 4.69) is 10.2 Å². The van der Waals surface area contributed by atoms with Gasteiger partial charge in [0.2, 0.25) is 0 Å². The zero-order chi connectivity index (χ0) is 16.1. The minimum Gasteiger partial charge on any atom is -0.459 e. The third kappa shape index (κ3) is 4.11. The summed E-state index contributed by atoms with van der Waals surface area (Å²) < 4.78 is 5.73. The second-order valence-electron chi connectivity index (χ2n) is 5.96. The molecule has 23 heavy (non-hydrogen) atoms. The molecular weight excluding hydrogens is 288 g/mol. The van der Waals surface area contributed by atoms with E-state index in [-0.39, 0.29) is 12.1 Å². The van der Waals surface area contributed by atoms with Crippen molar-refractivity contribution in [1.82, 2.24) is 4.90 Å². The summed E-state index contributed by atoms with van der Waals surface area (Å²) in [6.07, 6.45) is 0.881. The fourth-order valence-corrected chi connectivity index (χ4v) is 2.85. The van der Waals surface area contributed by atoms with Crippen LogP contribution in [-0.4, -0.2) is 37.1 Å². The summed E-state index contributed by atoms with van der Waals surface area (Å²) in [5.41, 5.74) is 1.81. The van der Waals surface area contributed by atoms with Crippen LogP contribution >= 0.6 is 0 Å². The van der Waals surface area contributed by atoms with Gasteiger partial charge in [0.1, 0.15) is 6.10 Å². The molecule has 120 valence electrons. The van der Waals surface area contributed by atoms with Gasteiger partial charge in [-0.25, -0.2) is 4.79 Å². The normalized spacial score (nSPS) is 19.3. The topological polar surface area (TPSA) is 41.6 Å². The largest absolute Gasteiger partial charge is 0.459 e. The Hall–Kier alpha value is -2.33. The number of nitrogens with zero attached hydrogens (tertiary/aromatic N) is 1. The average Bonchev–Trinajstić information content (AvgIpc) is 2.99. The van der Waals surface area contributed by atoms with Crippen LogP contribution in [0, 0.1) is 0 Å². The summed E-state index contributed by atoms with van der Waals surface area (Å²) in [6.45, 7) is 1.78. The Bertz CT molecular complexity index is 630. The molecule has 3 rings (SSSR count). The van der Waals surface area contributed by atoms with Crippen LogP contribution in [-0.2, 0) is 9.53 Å². The molecule has 1 aliphatic rings. The smallest absolute Gasteiger partial charge is 0.333 e. The van der Waals surface area contributed by atoms with Gasteiger partial charge in [-0.15, -0.1) is 0 Å². The number of carbonyl (C=O) groups is 1. The number of likely N-dealkylation sites (N-methyl/N-ethyl adjacent to an activating group) is 1. The highest BCUT2D eigenvalue weighted by Crippen LogP contribution is 2.23. The molecule has 0 spiro atoms. The predicted octanol–water partition coefficient (Wildman–Crippen LogP) is 3.09. The third-order valence-electron chi connectivity index (χ3n) is 4.08. The summed E-state index contributed by atoms with van der Waals surface area (Å²) >= 11 is 0. The van der Waals surface area contributed by atoms with Crippen molar-refractivity contribution in [3.05, 3.63) is 66.2 Å². The maximum absolute atomic E-state index is 12.7. The van der Waals surface area contributed by atoms with E-state index >= 15 is 0 Å². The van der Waals surface area contributed by atoms with E-state index in [4.69, 9.17) is 4.74 Å². The van der Waals surface area contributed by atoms with Gasteiger partial charge in [-0.05, 0) is 31.2 Å². The van der Waals surface area contributed by atoms with Crippen molar-refractivity contribution in [2.24, 2.45) is 0 Å². The van der Waals surface area contributed by atoms with Crippen molar-refractivity contribution >= 4 is 11.7 Å². The number of hydrogen-bond acceptors (Lipinski definition) is 4. The predicted molar refractivity (Wildman–Crippen MR) is 91.2 cm³/mol. The first-order chi connectivity index (χ1) is 11.2. The van der Waals surface area contributed by atoms with Crippen LogP contribution < -0.4 is 5.32 Å². The first-order valence-electron chi connectivity index (χ1n) is 7.98. The Balaban J connectivity index is 1.76. The SMILES string of the molecule is CN1CC[C@@H](OC(=O)C(Nc2ccccc2)c2ccccc2)C1. The third-order valence-corrected chi connectivity index (χ3v) is 4.08. The standard InChI is InChI=1S/C19H22N2O2/c1-21-13-12-17(14-21)23-19(22)18(15-8-4-2-5-9-15)20-16-10-6-3-7-11-16/h2-11,17-18,20H,12-14H2,1H3/t17-,18?/m1/s1. The number of benzene rings is 2. The van der Waals surface area contributed by atoms with Crippen LogP contribution in [0.1, 0.15) is 18.0 Å². The van der Waals surface area contributed by atoms with E-state index in [1.807, 2.05) is 67.7 Å². The van der Waals surface area contributed by atoms with Crippen molar-refractivity contribution in [1.29, 1.82) is 0 Å². The highest BCUT2D eigenvalue weighted by Gasteiger charge is 2.28. The Morgan fingerprint density at radius 3 is 2.39 bits per heavy atom. The van der Waals surface area contributed by atoms with Crippen molar-refractivity contribution in [2.75, 3.05) is 25.5 Å². The van der Waals surface area contributed by atoms with Gasteiger partial charge in [0, 0.05) is 18.8 Å². The molecule has 1 fully saturated rings. The van der Waals surface area contributed by atoms with Crippen LogP contribution in [0.2, 0.25) is 0 Å². The van der Waals surface area contributed by atoms with Crippen molar-refractivity contribution < 1.29 is 9.53 Å². The second kappa shape index (κ2) is 7.29. The molecule has 2 aromatic carbocycles. The molecule has 2 atom stereocenters. The van der Waals surface area contributed by atoms with Crippen LogP contribution in [0.5, 0.6) is 0 Å².